The summed E-state index contributed by atoms with van der Waals surface area (Å²) in [7, 11) is 0. The third-order valence-corrected chi connectivity index (χ3v) is 5.55. The number of carbonyl (C=O) groups excluding carboxylic acids is 1. The van der Waals surface area contributed by atoms with Crippen LogP contribution in [0.2, 0.25) is 0 Å². The van der Waals surface area contributed by atoms with Gasteiger partial charge in [-0.3, -0.25) is 9.78 Å². The van der Waals surface area contributed by atoms with E-state index in [1.54, 1.807) is 30.7 Å². The molecule has 0 bridgehead atoms. The summed E-state index contributed by atoms with van der Waals surface area (Å²) < 4.78 is 10.8. The molecule has 0 aromatic carbocycles. The number of rotatable bonds is 4. The highest BCUT2D eigenvalue weighted by Crippen LogP contribution is 2.35. The molecule has 5 rings (SSSR count). The fraction of sp³-hybridized carbons (Fsp3) is 0.261. The smallest absolute Gasteiger partial charge is 0.289 e. The van der Waals surface area contributed by atoms with Crippen molar-refractivity contribution in [3.05, 3.63) is 72.3 Å². The quantitative estimate of drug-likeness (QED) is 0.494. The highest BCUT2D eigenvalue weighted by Gasteiger charge is 2.29. The minimum atomic E-state index is -0.0744. The first-order valence-electron chi connectivity index (χ1n) is 10.2. The molecule has 156 valence electrons. The maximum atomic E-state index is 12.6. The summed E-state index contributed by atoms with van der Waals surface area (Å²) in [4.78, 5) is 28.0. The Labute approximate surface area is 178 Å². The van der Waals surface area contributed by atoms with Crippen molar-refractivity contribution >= 4 is 5.91 Å². The number of hydrogen-bond acceptors (Lipinski definition) is 7. The number of nitrogens with zero attached hydrogens (tertiary/aromatic N) is 5. The monoisotopic (exact) mass is 415 g/mol. The number of piperidine rings is 1. The van der Waals surface area contributed by atoms with Gasteiger partial charge in [0.2, 0.25) is 0 Å². The van der Waals surface area contributed by atoms with Crippen molar-refractivity contribution in [2.24, 2.45) is 0 Å². The van der Waals surface area contributed by atoms with Gasteiger partial charge in [0.1, 0.15) is 0 Å². The summed E-state index contributed by atoms with van der Waals surface area (Å²) in [5, 5.41) is 4.02. The molecule has 0 N–H and O–H groups in total. The van der Waals surface area contributed by atoms with E-state index < -0.39 is 0 Å². The summed E-state index contributed by atoms with van der Waals surface area (Å²) >= 11 is 0. The van der Waals surface area contributed by atoms with Crippen LogP contribution in [-0.2, 0) is 0 Å². The molecule has 1 fully saturated rings. The van der Waals surface area contributed by atoms with Crippen molar-refractivity contribution < 1.29 is 13.7 Å². The number of amides is 1. The lowest BCUT2D eigenvalue weighted by Gasteiger charge is -2.31. The van der Waals surface area contributed by atoms with Crippen LogP contribution in [0, 0.1) is 6.92 Å². The number of furan rings is 1. The van der Waals surface area contributed by atoms with Gasteiger partial charge in [-0.05, 0) is 44.0 Å². The van der Waals surface area contributed by atoms with Crippen LogP contribution in [-0.4, -0.2) is 44.0 Å². The Kier molecular flexibility index (Phi) is 5.03. The van der Waals surface area contributed by atoms with Crippen molar-refractivity contribution in [1.29, 1.82) is 0 Å². The van der Waals surface area contributed by atoms with Crippen LogP contribution >= 0.6 is 0 Å². The van der Waals surface area contributed by atoms with Gasteiger partial charge in [0, 0.05) is 49.2 Å². The highest BCUT2D eigenvalue weighted by molar-refractivity contribution is 5.91. The molecule has 1 saturated heterocycles. The van der Waals surface area contributed by atoms with Crippen molar-refractivity contribution in [1.82, 2.24) is 25.0 Å². The molecule has 0 radical (unpaired) electrons. The molecule has 0 saturated carbocycles. The van der Waals surface area contributed by atoms with E-state index in [0.717, 1.165) is 35.4 Å². The van der Waals surface area contributed by atoms with E-state index in [0.29, 0.717) is 30.4 Å². The molecule has 1 aliphatic heterocycles. The number of aryl methyl sites for hydroxylation is 1. The Morgan fingerprint density at radius 1 is 1.16 bits per heavy atom. The van der Waals surface area contributed by atoms with Gasteiger partial charge in [-0.15, -0.1) is 0 Å². The predicted octanol–water partition coefficient (Wildman–Crippen LogP) is 4.11. The molecule has 5 heterocycles. The minimum Gasteiger partial charge on any atom is -0.459 e. The molecule has 0 aliphatic carbocycles. The second kappa shape index (κ2) is 8.14. The SMILES string of the molecule is Cc1cc(-c2cnc(-c3ccncc3)nc2C2CCN(C(=O)c3ccco3)CC2)on1. The Morgan fingerprint density at radius 2 is 1.97 bits per heavy atom. The van der Waals surface area contributed by atoms with Gasteiger partial charge in [0.25, 0.3) is 5.91 Å². The molecule has 1 aliphatic rings. The van der Waals surface area contributed by atoms with Gasteiger partial charge >= 0.3 is 0 Å². The van der Waals surface area contributed by atoms with Gasteiger partial charge in [0.05, 0.1) is 23.2 Å². The molecular formula is C23H21N5O3. The summed E-state index contributed by atoms with van der Waals surface area (Å²) in [5.41, 5.74) is 3.47. The number of aromatic nitrogens is 4. The van der Waals surface area contributed by atoms with Crippen LogP contribution in [0.3, 0.4) is 0 Å². The number of carbonyl (C=O) groups is 1. The number of hydrogen-bond donors (Lipinski definition) is 0. The summed E-state index contributed by atoms with van der Waals surface area (Å²) in [5.74, 6) is 1.77. The third kappa shape index (κ3) is 3.84. The number of likely N-dealkylation sites (tertiary alicyclic amines) is 1. The molecule has 31 heavy (non-hydrogen) atoms. The maximum absolute atomic E-state index is 12.6. The summed E-state index contributed by atoms with van der Waals surface area (Å²) in [6, 6.07) is 9.10. The standard InChI is InChI=1S/C23H21N5O3/c1-15-13-20(31-27-15)18-14-25-22(17-4-8-24-9-5-17)26-21(18)16-6-10-28(11-7-16)23(29)19-3-2-12-30-19/h2-5,8-9,12-14,16H,6-7,10-11H2,1H3. The van der Waals surface area contributed by atoms with Crippen LogP contribution in [0.1, 0.15) is 40.7 Å². The van der Waals surface area contributed by atoms with Crippen LogP contribution in [0.15, 0.2) is 64.1 Å². The fourth-order valence-electron chi connectivity index (χ4n) is 3.94. The normalized spacial score (nSPS) is 14.7. The van der Waals surface area contributed by atoms with Gasteiger partial charge in [0.15, 0.2) is 17.3 Å². The first-order chi connectivity index (χ1) is 15.2. The molecule has 4 aromatic rings. The fourth-order valence-corrected chi connectivity index (χ4v) is 3.94. The Morgan fingerprint density at radius 3 is 2.65 bits per heavy atom. The molecule has 8 nitrogen and oxygen atoms in total. The lowest BCUT2D eigenvalue weighted by molar-refractivity contribution is 0.0680. The molecular weight excluding hydrogens is 394 g/mol. The zero-order valence-corrected chi connectivity index (χ0v) is 17.1. The van der Waals surface area contributed by atoms with Crippen LogP contribution in [0.25, 0.3) is 22.7 Å². The van der Waals surface area contributed by atoms with E-state index in [1.165, 1.54) is 6.26 Å². The molecule has 0 unspecified atom stereocenters. The van der Waals surface area contributed by atoms with Gasteiger partial charge in [-0.25, -0.2) is 9.97 Å². The van der Waals surface area contributed by atoms with Crippen molar-refractivity contribution in [2.45, 2.75) is 25.7 Å². The zero-order valence-electron chi connectivity index (χ0n) is 17.1. The van der Waals surface area contributed by atoms with Crippen molar-refractivity contribution in [3.63, 3.8) is 0 Å². The Hall–Kier alpha value is -3.81. The van der Waals surface area contributed by atoms with Gasteiger partial charge in [-0.2, -0.15) is 0 Å². The average molecular weight is 415 g/mol. The molecule has 4 aromatic heterocycles. The largest absolute Gasteiger partial charge is 0.459 e. The van der Waals surface area contributed by atoms with E-state index in [9.17, 15) is 4.79 Å². The second-order valence-corrected chi connectivity index (χ2v) is 7.60. The summed E-state index contributed by atoms with van der Waals surface area (Å²) in [6.07, 6.45) is 8.36. The molecule has 8 heteroatoms. The topological polar surface area (TPSA) is 98.2 Å². The van der Waals surface area contributed by atoms with E-state index in [-0.39, 0.29) is 11.8 Å². The van der Waals surface area contributed by atoms with E-state index in [1.807, 2.05) is 30.0 Å². The Bertz CT molecular complexity index is 1180. The Balaban J connectivity index is 1.45. The van der Waals surface area contributed by atoms with E-state index >= 15 is 0 Å². The average Bonchev–Trinajstić information content (AvgIpc) is 3.51. The first kappa shape index (κ1) is 19.2. The lowest BCUT2D eigenvalue weighted by Crippen LogP contribution is -2.38. The summed E-state index contributed by atoms with van der Waals surface area (Å²) in [6.45, 7) is 3.15. The highest BCUT2D eigenvalue weighted by atomic mass is 16.5. The van der Waals surface area contributed by atoms with Crippen LogP contribution < -0.4 is 0 Å². The van der Waals surface area contributed by atoms with Gasteiger partial charge in [-0.1, -0.05) is 5.16 Å². The lowest BCUT2D eigenvalue weighted by atomic mass is 9.90. The minimum absolute atomic E-state index is 0.0744. The van der Waals surface area contributed by atoms with Crippen molar-refractivity contribution in [2.75, 3.05) is 13.1 Å². The zero-order chi connectivity index (χ0) is 21.2. The second-order valence-electron chi connectivity index (χ2n) is 7.60. The maximum Gasteiger partial charge on any atom is 0.289 e. The van der Waals surface area contributed by atoms with E-state index in [4.69, 9.17) is 13.9 Å². The van der Waals surface area contributed by atoms with Crippen molar-refractivity contribution in [3.8, 4) is 22.7 Å². The van der Waals surface area contributed by atoms with Crippen LogP contribution in [0.4, 0.5) is 0 Å². The van der Waals surface area contributed by atoms with Crippen LogP contribution in [0.5, 0.6) is 0 Å². The third-order valence-electron chi connectivity index (χ3n) is 5.55. The molecule has 0 atom stereocenters. The van der Waals surface area contributed by atoms with E-state index in [2.05, 4.69) is 15.1 Å². The predicted molar refractivity (Wildman–Crippen MR) is 112 cm³/mol. The van der Waals surface area contributed by atoms with Gasteiger partial charge < -0.3 is 13.8 Å². The molecule has 0 spiro atoms. The number of pyridine rings is 1. The first-order valence-corrected chi connectivity index (χ1v) is 10.2. The molecule has 1 amide bonds.